The summed E-state index contributed by atoms with van der Waals surface area (Å²) >= 11 is 0. The minimum Gasteiger partial charge on any atom is -0.378 e. The number of amides is 1. The number of hydrogen-bond acceptors (Lipinski definition) is 4. The van der Waals surface area contributed by atoms with E-state index in [0.717, 1.165) is 0 Å². The molecule has 1 amide bonds. The minimum atomic E-state index is -0.370. The van der Waals surface area contributed by atoms with E-state index in [9.17, 15) is 4.79 Å². The molecule has 14 heavy (non-hydrogen) atoms. The highest BCUT2D eigenvalue weighted by molar-refractivity contribution is 5.81. The Morgan fingerprint density at radius 2 is 2.29 bits per heavy atom. The van der Waals surface area contributed by atoms with Crippen LogP contribution in [0.4, 0.5) is 0 Å². The van der Waals surface area contributed by atoms with Gasteiger partial charge < -0.3 is 10.1 Å². The van der Waals surface area contributed by atoms with Crippen molar-refractivity contribution in [1.82, 2.24) is 10.8 Å². The molecular formula is C9H18N2O3. The number of nitrogens with one attached hydrogen (secondary N) is 2. The summed E-state index contributed by atoms with van der Waals surface area (Å²) < 4.78 is 5.16. The van der Waals surface area contributed by atoms with Crippen LogP contribution in [0.1, 0.15) is 20.8 Å². The predicted molar refractivity (Wildman–Crippen MR) is 51.6 cm³/mol. The van der Waals surface area contributed by atoms with Crippen molar-refractivity contribution in [3.05, 3.63) is 0 Å². The Morgan fingerprint density at radius 1 is 1.57 bits per heavy atom. The van der Waals surface area contributed by atoms with Gasteiger partial charge >= 0.3 is 0 Å². The summed E-state index contributed by atoms with van der Waals surface area (Å²) in [6.07, 6.45) is 0. The third-order valence-corrected chi connectivity index (χ3v) is 1.70. The molecule has 5 nitrogen and oxygen atoms in total. The van der Waals surface area contributed by atoms with Crippen LogP contribution in [0.15, 0.2) is 0 Å². The summed E-state index contributed by atoms with van der Waals surface area (Å²) in [6.45, 7) is 7.38. The molecule has 0 radical (unpaired) electrons. The van der Waals surface area contributed by atoms with Gasteiger partial charge in [0.05, 0.1) is 18.8 Å². The Kier molecular flexibility index (Phi) is 3.86. The van der Waals surface area contributed by atoms with Gasteiger partial charge in [0.2, 0.25) is 0 Å². The highest BCUT2D eigenvalue weighted by Gasteiger charge is 2.22. The van der Waals surface area contributed by atoms with E-state index in [1.807, 2.05) is 20.8 Å². The molecule has 0 bridgehead atoms. The predicted octanol–water partition coefficient (Wildman–Crippen LogP) is -0.179. The van der Waals surface area contributed by atoms with E-state index < -0.39 is 0 Å². The number of hydroxylamine groups is 1. The normalized spacial score (nSPS) is 23.2. The van der Waals surface area contributed by atoms with Gasteiger partial charge in [-0.25, -0.2) is 5.48 Å². The van der Waals surface area contributed by atoms with Gasteiger partial charge in [-0.05, 0) is 20.8 Å². The molecule has 0 aliphatic carbocycles. The summed E-state index contributed by atoms with van der Waals surface area (Å²) in [5.74, 6) is -0.181. The maximum atomic E-state index is 11.5. The molecular weight excluding hydrogens is 184 g/mol. The Balaban J connectivity index is 2.27. The van der Waals surface area contributed by atoms with Gasteiger partial charge in [0.15, 0.2) is 0 Å². The molecule has 82 valence electrons. The van der Waals surface area contributed by atoms with Crippen molar-refractivity contribution in [3.63, 3.8) is 0 Å². The van der Waals surface area contributed by atoms with Crippen molar-refractivity contribution in [2.24, 2.45) is 0 Å². The Labute approximate surface area is 84.1 Å². The molecule has 2 N–H and O–H groups in total. The van der Waals surface area contributed by atoms with Gasteiger partial charge in [0, 0.05) is 6.54 Å². The van der Waals surface area contributed by atoms with E-state index in [4.69, 9.17) is 9.57 Å². The maximum absolute atomic E-state index is 11.5. The molecule has 0 unspecified atom stereocenters. The number of ether oxygens (including phenoxy) is 1. The molecule has 1 atom stereocenters. The van der Waals surface area contributed by atoms with E-state index in [1.54, 1.807) is 0 Å². The highest BCUT2D eigenvalue weighted by atomic mass is 16.7. The maximum Gasteiger partial charge on any atom is 0.263 e. The third-order valence-electron chi connectivity index (χ3n) is 1.70. The largest absolute Gasteiger partial charge is 0.378 e. The summed E-state index contributed by atoms with van der Waals surface area (Å²) in [4.78, 5) is 16.6. The van der Waals surface area contributed by atoms with Crippen LogP contribution in [-0.4, -0.2) is 37.3 Å². The topological polar surface area (TPSA) is 59.6 Å². The van der Waals surface area contributed by atoms with E-state index in [0.29, 0.717) is 19.8 Å². The molecule has 1 aliphatic rings. The quantitative estimate of drug-likeness (QED) is 0.610. The lowest BCUT2D eigenvalue weighted by atomic mass is 10.2. The van der Waals surface area contributed by atoms with E-state index in [2.05, 4.69) is 10.8 Å². The molecule has 5 heteroatoms. The first-order chi connectivity index (χ1) is 6.49. The lowest BCUT2D eigenvalue weighted by Gasteiger charge is -2.25. The second-order valence-electron chi connectivity index (χ2n) is 4.26. The summed E-state index contributed by atoms with van der Waals surface area (Å²) in [5, 5.41) is 3.04. The summed E-state index contributed by atoms with van der Waals surface area (Å²) in [5.41, 5.74) is 2.04. The summed E-state index contributed by atoms with van der Waals surface area (Å²) in [7, 11) is 0. The summed E-state index contributed by atoms with van der Waals surface area (Å²) in [6, 6.07) is -0.300. The number of rotatable bonds is 2. The highest BCUT2D eigenvalue weighted by Crippen LogP contribution is 2.04. The molecule has 1 aliphatic heterocycles. The van der Waals surface area contributed by atoms with Crippen LogP contribution in [0.3, 0.4) is 0 Å². The smallest absolute Gasteiger partial charge is 0.263 e. The molecule has 1 rings (SSSR count). The number of hydrogen-bond donors (Lipinski definition) is 2. The van der Waals surface area contributed by atoms with Crippen LogP contribution < -0.4 is 10.8 Å². The zero-order chi connectivity index (χ0) is 10.6. The van der Waals surface area contributed by atoms with Gasteiger partial charge in [-0.1, -0.05) is 0 Å². The van der Waals surface area contributed by atoms with Gasteiger partial charge in [-0.2, -0.15) is 0 Å². The van der Waals surface area contributed by atoms with Crippen LogP contribution in [0.2, 0.25) is 0 Å². The van der Waals surface area contributed by atoms with E-state index in [-0.39, 0.29) is 17.6 Å². The van der Waals surface area contributed by atoms with Crippen LogP contribution in [0.5, 0.6) is 0 Å². The molecule has 0 aromatic rings. The standard InChI is InChI=1S/C9H18N2O3/c1-9(2,3)14-11-8(12)7-6-13-5-4-10-7/h7,10H,4-6H2,1-3H3,(H,11,12)/t7-/m1/s1. The monoisotopic (exact) mass is 202 g/mol. The molecule has 0 saturated carbocycles. The van der Waals surface area contributed by atoms with Gasteiger partial charge in [-0.15, -0.1) is 0 Å². The van der Waals surface area contributed by atoms with Gasteiger partial charge in [-0.3, -0.25) is 9.63 Å². The molecule has 1 heterocycles. The molecule has 1 fully saturated rings. The van der Waals surface area contributed by atoms with Gasteiger partial charge in [0.25, 0.3) is 5.91 Å². The molecule has 0 aromatic carbocycles. The fourth-order valence-corrected chi connectivity index (χ4v) is 1.01. The zero-order valence-corrected chi connectivity index (χ0v) is 8.92. The zero-order valence-electron chi connectivity index (χ0n) is 8.92. The second kappa shape index (κ2) is 4.72. The first kappa shape index (κ1) is 11.4. The third kappa shape index (κ3) is 4.04. The fraction of sp³-hybridized carbons (Fsp3) is 0.889. The Bertz CT molecular complexity index is 195. The fourth-order valence-electron chi connectivity index (χ4n) is 1.01. The second-order valence-corrected chi connectivity index (χ2v) is 4.26. The van der Waals surface area contributed by atoms with E-state index >= 15 is 0 Å². The Morgan fingerprint density at radius 3 is 2.79 bits per heavy atom. The van der Waals surface area contributed by atoms with Crippen molar-refractivity contribution >= 4 is 5.91 Å². The van der Waals surface area contributed by atoms with Crippen LogP contribution in [0.25, 0.3) is 0 Å². The van der Waals surface area contributed by atoms with Crippen LogP contribution in [-0.2, 0) is 14.4 Å². The number of carbonyl (C=O) groups excluding carboxylic acids is 1. The van der Waals surface area contributed by atoms with Crippen LogP contribution in [0, 0.1) is 0 Å². The molecule has 0 spiro atoms. The van der Waals surface area contributed by atoms with Crippen LogP contribution >= 0.6 is 0 Å². The van der Waals surface area contributed by atoms with Crippen molar-refractivity contribution in [1.29, 1.82) is 0 Å². The molecule has 0 aromatic heterocycles. The van der Waals surface area contributed by atoms with Crippen molar-refractivity contribution in [2.45, 2.75) is 32.4 Å². The minimum absolute atomic E-state index is 0.181. The average Bonchev–Trinajstić information content (AvgIpc) is 2.14. The van der Waals surface area contributed by atoms with Crippen molar-refractivity contribution in [2.75, 3.05) is 19.8 Å². The lowest BCUT2D eigenvalue weighted by molar-refractivity contribution is -0.150. The SMILES string of the molecule is CC(C)(C)ONC(=O)[C@H]1COCCN1. The first-order valence-corrected chi connectivity index (χ1v) is 4.78. The molecule has 1 saturated heterocycles. The first-order valence-electron chi connectivity index (χ1n) is 4.78. The van der Waals surface area contributed by atoms with E-state index in [1.165, 1.54) is 0 Å². The van der Waals surface area contributed by atoms with Crippen molar-refractivity contribution < 1.29 is 14.4 Å². The number of carbonyl (C=O) groups is 1. The number of morpholine rings is 1. The Hall–Kier alpha value is -0.650. The lowest BCUT2D eigenvalue weighted by Crippen LogP contribution is -2.52. The average molecular weight is 202 g/mol. The van der Waals surface area contributed by atoms with Gasteiger partial charge in [0.1, 0.15) is 6.04 Å². The van der Waals surface area contributed by atoms with Crippen molar-refractivity contribution in [3.8, 4) is 0 Å².